The van der Waals surface area contributed by atoms with E-state index < -0.39 is 27.7 Å². The Morgan fingerprint density at radius 1 is 1.10 bits per heavy atom. The number of amides is 1. The van der Waals surface area contributed by atoms with Crippen molar-refractivity contribution < 1.29 is 31.1 Å². The smallest absolute Gasteiger partial charge is 0.418 e. The molecule has 0 radical (unpaired) electrons. The van der Waals surface area contributed by atoms with E-state index in [9.17, 15) is 26.4 Å². The summed E-state index contributed by atoms with van der Waals surface area (Å²) in [5, 5.41) is 2.24. The molecule has 158 valence electrons. The third kappa shape index (κ3) is 6.11. The molecule has 0 unspecified atom stereocenters. The number of rotatable bonds is 8. The molecule has 0 spiro atoms. The molecule has 2 aromatic rings. The van der Waals surface area contributed by atoms with Crippen molar-refractivity contribution in [3.05, 3.63) is 54.1 Å². The number of carbonyl (C=O) groups is 1. The first-order valence-corrected chi connectivity index (χ1v) is 10.5. The molecule has 6 nitrogen and oxygen atoms in total. The number of nitrogens with one attached hydrogen (secondary N) is 1. The zero-order valence-electron chi connectivity index (χ0n) is 15.9. The number of nitrogens with zero attached hydrogens (tertiary/aromatic N) is 1. The number of halogens is 3. The lowest BCUT2D eigenvalue weighted by Crippen LogP contribution is -2.31. The van der Waals surface area contributed by atoms with E-state index in [2.05, 4.69) is 5.32 Å². The molecule has 1 amide bonds. The maximum atomic E-state index is 13.0. The number of ether oxygens (including phenoxy) is 1. The second kappa shape index (κ2) is 9.17. The van der Waals surface area contributed by atoms with Gasteiger partial charge in [0.1, 0.15) is 5.75 Å². The summed E-state index contributed by atoms with van der Waals surface area (Å²) in [6.07, 6.45) is -3.63. The molecular formula is C19H21F3N2O4S. The van der Waals surface area contributed by atoms with Gasteiger partial charge in [-0.05, 0) is 30.7 Å². The molecule has 0 atom stereocenters. The zero-order valence-corrected chi connectivity index (χ0v) is 16.7. The van der Waals surface area contributed by atoms with Crippen LogP contribution in [0.2, 0.25) is 0 Å². The molecule has 0 aliphatic rings. The lowest BCUT2D eigenvalue weighted by molar-refractivity contribution is -0.137. The first-order valence-electron chi connectivity index (χ1n) is 8.61. The van der Waals surface area contributed by atoms with Crippen LogP contribution in [0.15, 0.2) is 48.5 Å². The number of alkyl halides is 3. The molecule has 0 fully saturated rings. The topological polar surface area (TPSA) is 75.7 Å². The van der Waals surface area contributed by atoms with Crippen LogP contribution >= 0.6 is 0 Å². The molecule has 0 aromatic heterocycles. The van der Waals surface area contributed by atoms with Crippen molar-refractivity contribution >= 4 is 27.3 Å². The number of carbonyl (C=O) groups excluding carboxylic acids is 1. The monoisotopic (exact) mass is 430 g/mol. The second-order valence-corrected chi connectivity index (χ2v) is 8.11. The molecule has 0 aliphatic heterocycles. The van der Waals surface area contributed by atoms with Gasteiger partial charge >= 0.3 is 6.18 Å². The summed E-state index contributed by atoms with van der Waals surface area (Å²) in [6, 6.07) is 11.2. The number of para-hydroxylation sites is 3. The van der Waals surface area contributed by atoms with Gasteiger partial charge in [-0.15, -0.1) is 0 Å². The van der Waals surface area contributed by atoms with Crippen molar-refractivity contribution in [2.24, 2.45) is 0 Å². The summed E-state index contributed by atoms with van der Waals surface area (Å²) in [4.78, 5) is 12.1. The fourth-order valence-corrected chi connectivity index (χ4v) is 3.70. The number of benzene rings is 2. The van der Waals surface area contributed by atoms with Crippen LogP contribution in [0.3, 0.4) is 0 Å². The molecular weight excluding hydrogens is 409 g/mol. The van der Waals surface area contributed by atoms with Crippen molar-refractivity contribution in [1.82, 2.24) is 0 Å². The van der Waals surface area contributed by atoms with E-state index in [1.54, 1.807) is 24.3 Å². The quantitative estimate of drug-likeness (QED) is 0.689. The van der Waals surface area contributed by atoms with Crippen LogP contribution in [-0.2, 0) is 21.0 Å². The van der Waals surface area contributed by atoms with Crippen LogP contribution in [0.1, 0.15) is 18.4 Å². The van der Waals surface area contributed by atoms with E-state index in [0.717, 1.165) is 16.6 Å². The average Bonchev–Trinajstić information content (AvgIpc) is 2.64. The number of methoxy groups -OCH3 is 1. The van der Waals surface area contributed by atoms with Crippen LogP contribution in [0.5, 0.6) is 5.75 Å². The SMILES string of the molecule is COc1ccccc1N(CCCC(=O)Nc1ccccc1C(F)(F)F)S(C)(=O)=O. The lowest BCUT2D eigenvalue weighted by Gasteiger charge is -2.24. The van der Waals surface area contributed by atoms with E-state index in [1.165, 1.54) is 25.3 Å². The first-order chi connectivity index (χ1) is 13.5. The molecule has 1 N–H and O–H groups in total. The predicted molar refractivity (Wildman–Crippen MR) is 104 cm³/mol. The number of anilines is 2. The van der Waals surface area contributed by atoms with Crippen molar-refractivity contribution in [2.75, 3.05) is 29.5 Å². The summed E-state index contributed by atoms with van der Waals surface area (Å²) in [6.45, 7) is -0.0342. The van der Waals surface area contributed by atoms with Crippen LogP contribution in [0, 0.1) is 0 Å². The Kier molecular flexibility index (Phi) is 7.12. The van der Waals surface area contributed by atoms with Crippen LogP contribution in [0.4, 0.5) is 24.5 Å². The maximum absolute atomic E-state index is 13.0. The highest BCUT2D eigenvalue weighted by Crippen LogP contribution is 2.34. The lowest BCUT2D eigenvalue weighted by atomic mass is 10.1. The molecule has 10 heteroatoms. The van der Waals surface area contributed by atoms with E-state index in [-0.39, 0.29) is 25.1 Å². The standard InChI is InChI=1S/C19H21F3N2O4S/c1-28-17-11-6-5-10-16(17)24(29(2,26)27)13-7-12-18(25)23-15-9-4-3-8-14(15)19(20,21)22/h3-6,8-11H,7,12-13H2,1-2H3,(H,23,25). The van der Waals surface area contributed by atoms with Gasteiger partial charge in [0.05, 0.1) is 30.3 Å². The van der Waals surface area contributed by atoms with E-state index >= 15 is 0 Å². The Bertz CT molecular complexity index is 962. The third-order valence-corrected chi connectivity index (χ3v) is 5.21. The van der Waals surface area contributed by atoms with Gasteiger partial charge in [0.25, 0.3) is 0 Å². The van der Waals surface area contributed by atoms with Gasteiger partial charge in [-0.1, -0.05) is 24.3 Å². The largest absolute Gasteiger partial charge is 0.495 e. The molecule has 0 aliphatic carbocycles. The van der Waals surface area contributed by atoms with Gasteiger partial charge in [-0.3, -0.25) is 9.10 Å². The van der Waals surface area contributed by atoms with Crippen LogP contribution in [0.25, 0.3) is 0 Å². The zero-order chi connectivity index (χ0) is 21.7. The van der Waals surface area contributed by atoms with Crippen molar-refractivity contribution in [3.8, 4) is 5.75 Å². The van der Waals surface area contributed by atoms with E-state index in [1.807, 2.05) is 0 Å². The van der Waals surface area contributed by atoms with Crippen LogP contribution < -0.4 is 14.4 Å². The summed E-state index contributed by atoms with van der Waals surface area (Å²) < 4.78 is 69.6. The molecule has 0 bridgehead atoms. The highest BCUT2D eigenvalue weighted by atomic mass is 32.2. The van der Waals surface area contributed by atoms with Crippen molar-refractivity contribution in [2.45, 2.75) is 19.0 Å². The summed E-state index contributed by atoms with van der Waals surface area (Å²) in [5.74, 6) is -0.295. The normalized spacial score (nSPS) is 11.8. The molecule has 29 heavy (non-hydrogen) atoms. The summed E-state index contributed by atoms with van der Waals surface area (Å²) in [5.41, 5.74) is -0.963. The third-order valence-electron chi connectivity index (χ3n) is 4.03. The number of hydrogen-bond acceptors (Lipinski definition) is 4. The minimum Gasteiger partial charge on any atom is -0.495 e. The summed E-state index contributed by atoms with van der Waals surface area (Å²) >= 11 is 0. The Hall–Kier alpha value is -2.75. The number of hydrogen-bond donors (Lipinski definition) is 1. The molecule has 0 heterocycles. The van der Waals surface area contributed by atoms with Crippen LogP contribution in [-0.4, -0.2) is 34.2 Å². The van der Waals surface area contributed by atoms with Gasteiger partial charge in [0, 0.05) is 13.0 Å². The molecule has 2 aromatic carbocycles. The Morgan fingerprint density at radius 3 is 2.34 bits per heavy atom. The average molecular weight is 430 g/mol. The van der Waals surface area contributed by atoms with Gasteiger partial charge in [0.15, 0.2) is 0 Å². The Morgan fingerprint density at radius 2 is 1.72 bits per heavy atom. The van der Waals surface area contributed by atoms with Gasteiger partial charge in [-0.25, -0.2) is 8.42 Å². The van der Waals surface area contributed by atoms with Crippen molar-refractivity contribution in [3.63, 3.8) is 0 Å². The molecule has 0 saturated carbocycles. The Balaban J connectivity index is 2.07. The fraction of sp³-hybridized carbons (Fsp3) is 0.316. The minimum atomic E-state index is -4.60. The summed E-state index contributed by atoms with van der Waals surface area (Å²) in [7, 11) is -2.25. The van der Waals surface area contributed by atoms with Crippen molar-refractivity contribution in [1.29, 1.82) is 0 Å². The molecule has 0 saturated heterocycles. The first kappa shape index (κ1) is 22.5. The minimum absolute atomic E-state index is 0.0342. The highest BCUT2D eigenvalue weighted by Gasteiger charge is 2.33. The highest BCUT2D eigenvalue weighted by molar-refractivity contribution is 7.92. The number of sulfonamides is 1. The fourth-order valence-electron chi connectivity index (χ4n) is 2.74. The molecule has 2 rings (SSSR count). The predicted octanol–water partition coefficient (Wildman–Crippen LogP) is 3.90. The second-order valence-electron chi connectivity index (χ2n) is 6.20. The van der Waals surface area contributed by atoms with E-state index in [0.29, 0.717) is 11.4 Å². The van der Waals surface area contributed by atoms with Gasteiger partial charge < -0.3 is 10.1 Å². The maximum Gasteiger partial charge on any atom is 0.418 e. The van der Waals surface area contributed by atoms with E-state index in [4.69, 9.17) is 4.74 Å². The Labute approximate surface area is 167 Å². The van der Waals surface area contributed by atoms with Gasteiger partial charge in [0.2, 0.25) is 15.9 Å². The van der Waals surface area contributed by atoms with Gasteiger partial charge in [-0.2, -0.15) is 13.2 Å².